The minimum absolute atomic E-state index is 0.139. The Labute approximate surface area is 109 Å². The fourth-order valence-electron chi connectivity index (χ4n) is 1.34. The van der Waals surface area contributed by atoms with Crippen molar-refractivity contribution in [2.45, 2.75) is 20.4 Å². The Kier molecular flexibility index (Phi) is 3.93. The van der Waals surface area contributed by atoms with Gasteiger partial charge in [-0.1, -0.05) is 5.16 Å². The number of hydrogen-bond acceptors (Lipinski definition) is 7. The summed E-state index contributed by atoms with van der Waals surface area (Å²) >= 11 is 5.80. The molecule has 0 spiro atoms. The zero-order chi connectivity index (χ0) is 13.0. The van der Waals surface area contributed by atoms with Gasteiger partial charge in [-0.2, -0.15) is 15.0 Å². The molecule has 0 amide bonds. The SMILES string of the molecule is CCNc1nc(Cl)nc(NCc2cc(C)on2)n1. The Morgan fingerprint density at radius 1 is 1.22 bits per heavy atom. The molecule has 0 aromatic carbocycles. The largest absolute Gasteiger partial charge is 0.361 e. The van der Waals surface area contributed by atoms with Crippen molar-refractivity contribution in [1.82, 2.24) is 20.1 Å². The number of aromatic nitrogens is 4. The third-order valence-corrected chi connectivity index (χ3v) is 2.22. The minimum atomic E-state index is 0.139. The van der Waals surface area contributed by atoms with Gasteiger partial charge < -0.3 is 15.2 Å². The van der Waals surface area contributed by atoms with E-state index >= 15 is 0 Å². The summed E-state index contributed by atoms with van der Waals surface area (Å²) in [6.07, 6.45) is 0. The van der Waals surface area contributed by atoms with Crippen LogP contribution in [0.1, 0.15) is 18.4 Å². The highest BCUT2D eigenvalue weighted by molar-refractivity contribution is 6.28. The van der Waals surface area contributed by atoms with Crippen molar-refractivity contribution in [2.24, 2.45) is 0 Å². The van der Waals surface area contributed by atoms with Gasteiger partial charge in [0.25, 0.3) is 0 Å². The molecule has 0 aliphatic carbocycles. The smallest absolute Gasteiger partial charge is 0.229 e. The molecule has 2 N–H and O–H groups in total. The normalized spacial score (nSPS) is 10.4. The summed E-state index contributed by atoms with van der Waals surface area (Å²) in [4.78, 5) is 12.1. The number of anilines is 2. The van der Waals surface area contributed by atoms with Crippen molar-refractivity contribution >= 4 is 23.5 Å². The molecule has 2 heterocycles. The molecule has 0 aliphatic heterocycles. The van der Waals surface area contributed by atoms with Crippen LogP contribution in [0, 0.1) is 6.92 Å². The summed E-state index contributed by atoms with van der Waals surface area (Å²) in [6, 6.07) is 1.83. The monoisotopic (exact) mass is 268 g/mol. The Balaban J connectivity index is 2.04. The van der Waals surface area contributed by atoms with Gasteiger partial charge in [-0.05, 0) is 25.4 Å². The van der Waals surface area contributed by atoms with Crippen molar-refractivity contribution in [3.8, 4) is 0 Å². The van der Waals surface area contributed by atoms with Crippen LogP contribution >= 0.6 is 11.6 Å². The minimum Gasteiger partial charge on any atom is -0.361 e. The van der Waals surface area contributed by atoms with Gasteiger partial charge >= 0.3 is 0 Å². The molecule has 0 atom stereocenters. The van der Waals surface area contributed by atoms with Crippen molar-refractivity contribution in [2.75, 3.05) is 17.2 Å². The lowest BCUT2D eigenvalue weighted by atomic mass is 10.4. The van der Waals surface area contributed by atoms with Crippen LogP contribution in [0.15, 0.2) is 10.6 Å². The lowest BCUT2D eigenvalue weighted by molar-refractivity contribution is 0.391. The maximum atomic E-state index is 5.80. The number of hydrogen-bond donors (Lipinski definition) is 2. The van der Waals surface area contributed by atoms with Gasteiger partial charge in [0.1, 0.15) is 11.5 Å². The van der Waals surface area contributed by atoms with E-state index in [0.717, 1.165) is 11.5 Å². The zero-order valence-corrected chi connectivity index (χ0v) is 10.8. The molecule has 0 unspecified atom stereocenters. The van der Waals surface area contributed by atoms with Crippen LogP contribution in [0.3, 0.4) is 0 Å². The number of aryl methyl sites for hydroxylation is 1. The Bertz CT molecular complexity index is 529. The van der Waals surface area contributed by atoms with E-state index in [1.54, 1.807) is 0 Å². The molecule has 2 aromatic heterocycles. The van der Waals surface area contributed by atoms with Gasteiger partial charge in [-0.25, -0.2) is 0 Å². The molecule has 8 heteroatoms. The number of nitrogens with zero attached hydrogens (tertiary/aromatic N) is 4. The molecule has 0 radical (unpaired) electrons. The molecular weight excluding hydrogens is 256 g/mol. The first kappa shape index (κ1) is 12.6. The van der Waals surface area contributed by atoms with Crippen LogP contribution in [0.4, 0.5) is 11.9 Å². The van der Waals surface area contributed by atoms with Gasteiger partial charge in [-0.3, -0.25) is 0 Å². The Morgan fingerprint density at radius 2 is 1.94 bits per heavy atom. The van der Waals surface area contributed by atoms with E-state index in [2.05, 4.69) is 30.7 Å². The van der Waals surface area contributed by atoms with Gasteiger partial charge in [0.2, 0.25) is 17.2 Å². The summed E-state index contributed by atoms with van der Waals surface area (Å²) in [5, 5.41) is 9.97. The summed E-state index contributed by atoms with van der Waals surface area (Å²) in [7, 11) is 0. The molecule has 2 aromatic rings. The second-order valence-electron chi connectivity index (χ2n) is 3.56. The predicted molar refractivity (Wildman–Crippen MR) is 67.6 cm³/mol. The van der Waals surface area contributed by atoms with Crippen molar-refractivity contribution < 1.29 is 4.52 Å². The van der Waals surface area contributed by atoms with Crippen molar-refractivity contribution in [3.63, 3.8) is 0 Å². The first-order chi connectivity index (χ1) is 8.67. The van der Waals surface area contributed by atoms with Crippen LogP contribution in [-0.4, -0.2) is 26.7 Å². The topological polar surface area (TPSA) is 88.8 Å². The third kappa shape index (κ3) is 3.30. The van der Waals surface area contributed by atoms with E-state index in [9.17, 15) is 0 Å². The van der Waals surface area contributed by atoms with Crippen LogP contribution in [0.25, 0.3) is 0 Å². The quantitative estimate of drug-likeness (QED) is 0.855. The standard InChI is InChI=1S/C10H13ClN6O/c1-3-12-9-14-8(11)15-10(16-9)13-5-7-4-6(2)18-17-7/h4H,3,5H2,1-2H3,(H2,12,13,14,15,16). The summed E-state index contributed by atoms with van der Waals surface area (Å²) in [6.45, 7) is 4.95. The Morgan fingerprint density at radius 3 is 2.56 bits per heavy atom. The molecule has 0 aliphatic rings. The van der Waals surface area contributed by atoms with Gasteiger partial charge in [-0.15, -0.1) is 0 Å². The zero-order valence-electron chi connectivity index (χ0n) is 10.1. The summed E-state index contributed by atoms with van der Waals surface area (Å²) < 4.78 is 4.96. The molecule has 96 valence electrons. The van der Waals surface area contributed by atoms with Crippen LogP contribution in [0.5, 0.6) is 0 Å². The highest BCUT2D eigenvalue weighted by Gasteiger charge is 2.05. The average molecular weight is 269 g/mol. The molecule has 0 saturated heterocycles. The van der Waals surface area contributed by atoms with Crippen LogP contribution in [-0.2, 0) is 6.54 Å². The average Bonchev–Trinajstić information content (AvgIpc) is 2.72. The molecule has 18 heavy (non-hydrogen) atoms. The first-order valence-corrected chi connectivity index (χ1v) is 5.86. The van der Waals surface area contributed by atoms with Crippen LogP contribution < -0.4 is 10.6 Å². The van der Waals surface area contributed by atoms with Gasteiger partial charge in [0.05, 0.1) is 6.54 Å². The molecule has 7 nitrogen and oxygen atoms in total. The number of halogens is 1. The van der Waals surface area contributed by atoms with Gasteiger partial charge in [0.15, 0.2) is 0 Å². The lowest BCUT2D eigenvalue weighted by Gasteiger charge is -2.05. The fourth-order valence-corrected chi connectivity index (χ4v) is 1.50. The second kappa shape index (κ2) is 5.63. The molecule has 2 rings (SSSR count). The summed E-state index contributed by atoms with van der Waals surface area (Å²) in [5.74, 6) is 1.59. The van der Waals surface area contributed by atoms with Crippen molar-refractivity contribution in [1.29, 1.82) is 0 Å². The number of nitrogens with one attached hydrogen (secondary N) is 2. The fraction of sp³-hybridized carbons (Fsp3) is 0.400. The van der Waals surface area contributed by atoms with E-state index in [-0.39, 0.29) is 5.28 Å². The number of rotatable bonds is 5. The Hall–Kier alpha value is -1.89. The highest BCUT2D eigenvalue weighted by Crippen LogP contribution is 2.10. The maximum absolute atomic E-state index is 5.80. The van der Waals surface area contributed by atoms with E-state index < -0.39 is 0 Å². The third-order valence-electron chi connectivity index (χ3n) is 2.05. The van der Waals surface area contributed by atoms with Crippen molar-refractivity contribution in [3.05, 3.63) is 22.8 Å². The molecule has 0 fully saturated rings. The van der Waals surface area contributed by atoms with Gasteiger partial charge in [0, 0.05) is 12.6 Å². The first-order valence-electron chi connectivity index (χ1n) is 5.49. The summed E-state index contributed by atoms with van der Waals surface area (Å²) in [5.41, 5.74) is 0.772. The van der Waals surface area contributed by atoms with E-state index in [0.29, 0.717) is 25.0 Å². The molecular formula is C10H13ClN6O. The second-order valence-corrected chi connectivity index (χ2v) is 3.90. The lowest BCUT2D eigenvalue weighted by Crippen LogP contribution is -2.09. The highest BCUT2D eigenvalue weighted by atomic mass is 35.5. The van der Waals surface area contributed by atoms with E-state index in [4.69, 9.17) is 16.1 Å². The van der Waals surface area contributed by atoms with E-state index in [1.165, 1.54) is 0 Å². The molecule has 0 bridgehead atoms. The predicted octanol–water partition coefficient (Wildman–Crippen LogP) is 1.87. The van der Waals surface area contributed by atoms with E-state index in [1.807, 2.05) is 19.9 Å². The van der Waals surface area contributed by atoms with Crippen LogP contribution in [0.2, 0.25) is 5.28 Å². The maximum Gasteiger partial charge on any atom is 0.229 e. The molecule has 0 saturated carbocycles.